The molecule has 3 fully saturated rings. The molecule has 0 bridgehead atoms. The molecule has 2 N–H and O–H groups in total. The van der Waals surface area contributed by atoms with Crippen LogP contribution in [0.5, 0.6) is 0 Å². The van der Waals surface area contributed by atoms with Gasteiger partial charge in [0.15, 0.2) is 0 Å². The summed E-state index contributed by atoms with van der Waals surface area (Å²) in [7, 11) is 0. The van der Waals surface area contributed by atoms with Crippen molar-refractivity contribution in [2.75, 3.05) is 30.5 Å². The van der Waals surface area contributed by atoms with Crippen molar-refractivity contribution in [3.05, 3.63) is 93.2 Å². The van der Waals surface area contributed by atoms with Crippen LogP contribution in [-0.4, -0.2) is 59.7 Å². The van der Waals surface area contributed by atoms with Gasteiger partial charge in [-0.25, -0.2) is 4.39 Å². The normalized spacial score (nSPS) is 23.6. The average molecular weight is 612 g/mol. The fraction of sp³-hybridized carbons (Fsp3) is 0.375. The van der Waals surface area contributed by atoms with Crippen molar-refractivity contribution in [1.82, 2.24) is 9.80 Å². The summed E-state index contributed by atoms with van der Waals surface area (Å²) in [6.45, 7) is 5.30. The second-order valence-electron chi connectivity index (χ2n) is 11.3. The van der Waals surface area contributed by atoms with Crippen molar-refractivity contribution < 1.29 is 18.7 Å². The molecule has 1 saturated carbocycles. The fourth-order valence-electron chi connectivity index (χ4n) is 6.32. The van der Waals surface area contributed by atoms with Gasteiger partial charge in [-0.2, -0.15) is 0 Å². The van der Waals surface area contributed by atoms with E-state index < -0.39 is 30.0 Å². The van der Waals surface area contributed by atoms with Gasteiger partial charge in [-0.05, 0) is 86.2 Å². The van der Waals surface area contributed by atoms with Gasteiger partial charge in [-0.15, -0.1) is 0 Å². The van der Waals surface area contributed by atoms with Gasteiger partial charge in [0.2, 0.25) is 5.91 Å². The Hall–Kier alpha value is -3.17. The first-order valence-corrected chi connectivity index (χ1v) is 15.1. The minimum absolute atomic E-state index is 0.0328. The predicted molar refractivity (Wildman–Crippen MR) is 162 cm³/mol. The molecule has 0 spiro atoms. The van der Waals surface area contributed by atoms with Gasteiger partial charge in [0.1, 0.15) is 24.8 Å². The molecule has 42 heavy (non-hydrogen) atoms. The Bertz CT molecular complexity index is 1520. The zero-order valence-electron chi connectivity index (χ0n) is 23.4. The Labute approximate surface area is 254 Å². The first-order valence-electron chi connectivity index (χ1n) is 14.3. The maximum Gasteiger partial charge on any atom is 0.256 e. The topological polar surface area (TPSA) is 73.9 Å². The summed E-state index contributed by atoms with van der Waals surface area (Å²) >= 11 is 12.5. The third-order valence-electron chi connectivity index (χ3n) is 8.39. The van der Waals surface area contributed by atoms with Crippen LogP contribution in [-0.2, 0) is 9.53 Å². The van der Waals surface area contributed by atoms with Crippen molar-refractivity contribution in [2.24, 2.45) is 5.92 Å². The van der Waals surface area contributed by atoms with Crippen LogP contribution < -0.4 is 10.6 Å². The standard InChI is InChI=1S/C32H33Cl2FN4O3/c1-3-36-21-12-13-23(18(2)14-21)31(41)39-17-42-32-29(39)26(24-8-5-9-25(34)27(24)35)28(38(32)16-19-10-11-19)30(40)37-22-7-4-6-20(33)15-22/h4-9,12-15,19,26,28-29,32,36H,3,10-11,16-17H2,1-2H3,(H,37,40). The lowest BCUT2D eigenvalue weighted by atomic mass is 9.86. The molecular weight excluding hydrogens is 578 g/mol. The molecule has 10 heteroatoms. The summed E-state index contributed by atoms with van der Waals surface area (Å²) in [6.07, 6.45) is 1.51. The molecule has 4 unspecified atom stereocenters. The lowest BCUT2D eigenvalue weighted by molar-refractivity contribution is -0.124. The van der Waals surface area contributed by atoms with E-state index in [4.69, 9.17) is 27.9 Å². The number of carbonyl (C=O) groups excluding carboxylic acids is 2. The minimum atomic E-state index is -0.819. The number of amides is 2. The molecule has 0 radical (unpaired) electrons. The molecule has 1 aliphatic carbocycles. The quantitative estimate of drug-likeness (QED) is 0.304. The number of hydrogen-bond donors (Lipinski definition) is 2. The van der Waals surface area contributed by atoms with E-state index in [1.807, 2.05) is 30.9 Å². The molecule has 6 rings (SSSR count). The number of likely N-dealkylation sites (tertiary alicyclic amines) is 1. The van der Waals surface area contributed by atoms with Crippen molar-refractivity contribution >= 4 is 46.4 Å². The third-order valence-corrected chi connectivity index (χ3v) is 8.92. The third kappa shape index (κ3) is 5.49. The molecule has 3 aromatic rings. The fourth-order valence-corrected chi connectivity index (χ4v) is 6.69. The van der Waals surface area contributed by atoms with Crippen molar-refractivity contribution in [1.29, 1.82) is 0 Å². The minimum Gasteiger partial charge on any atom is -0.385 e. The molecule has 2 amide bonds. The van der Waals surface area contributed by atoms with Crippen LogP contribution in [0.25, 0.3) is 0 Å². The highest BCUT2D eigenvalue weighted by Gasteiger charge is 2.60. The molecule has 0 aromatic heterocycles. The molecule has 4 atom stereocenters. The van der Waals surface area contributed by atoms with Crippen LogP contribution >= 0.6 is 23.2 Å². The number of hydrogen-bond acceptors (Lipinski definition) is 5. The number of halogens is 3. The Morgan fingerprint density at radius 2 is 1.83 bits per heavy atom. The Morgan fingerprint density at radius 3 is 2.55 bits per heavy atom. The van der Waals surface area contributed by atoms with Gasteiger partial charge in [0, 0.05) is 41.0 Å². The molecule has 2 saturated heterocycles. The monoisotopic (exact) mass is 610 g/mol. The summed E-state index contributed by atoms with van der Waals surface area (Å²) in [4.78, 5) is 31.9. The summed E-state index contributed by atoms with van der Waals surface area (Å²) in [5.41, 5.74) is 3.09. The number of nitrogens with zero attached hydrogens (tertiary/aromatic N) is 2. The first kappa shape index (κ1) is 28.9. The number of fused-ring (bicyclic) bond motifs is 1. The maximum atomic E-state index is 15.8. The number of carbonyl (C=O) groups is 2. The van der Waals surface area contributed by atoms with Crippen molar-refractivity contribution in [3.8, 4) is 0 Å². The highest BCUT2D eigenvalue weighted by atomic mass is 35.5. The van der Waals surface area contributed by atoms with E-state index in [-0.39, 0.29) is 29.1 Å². The van der Waals surface area contributed by atoms with Crippen LogP contribution in [0.4, 0.5) is 15.8 Å². The lowest BCUT2D eigenvalue weighted by Gasteiger charge is -2.32. The summed E-state index contributed by atoms with van der Waals surface area (Å²) in [6, 6.07) is 15.9. The predicted octanol–water partition coefficient (Wildman–Crippen LogP) is 6.51. The van der Waals surface area contributed by atoms with Gasteiger partial charge in [0.25, 0.3) is 5.91 Å². The van der Waals surface area contributed by atoms with Crippen LogP contribution in [0.3, 0.4) is 0 Å². The number of nitrogens with one attached hydrogen (secondary N) is 2. The Morgan fingerprint density at radius 1 is 1.05 bits per heavy atom. The average Bonchev–Trinajstić information content (AvgIpc) is 3.58. The smallest absolute Gasteiger partial charge is 0.256 e. The zero-order chi connectivity index (χ0) is 29.5. The van der Waals surface area contributed by atoms with Gasteiger partial charge < -0.3 is 20.3 Å². The van der Waals surface area contributed by atoms with E-state index >= 15 is 4.39 Å². The van der Waals surface area contributed by atoms with E-state index in [2.05, 4.69) is 10.6 Å². The number of rotatable bonds is 8. The number of benzene rings is 3. The maximum absolute atomic E-state index is 15.8. The van der Waals surface area contributed by atoms with Crippen LogP contribution in [0.15, 0.2) is 60.7 Å². The molecule has 3 aliphatic rings. The summed E-state index contributed by atoms with van der Waals surface area (Å²) in [5.74, 6) is -1.47. The number of anilines is 2. The zero-order valence-corrected chi connectivity index (χ0v) is 25.0. The Balaban J connectivity index is 1.42. The highest BCUT2D eigenvalue weighted by Crippen LogP contribution is 2.48. The van der Waals surface area contributed by atoms with E-state index in [0.717, 1.165) is 30.6 Å². The van der Waals surface area contributed by atoms with E-state index in [1.165, 1.54) is 6.07 Å². The molecule has 2 heterocycles. The molecule has 3 aromatic carbocycles. The summed E-state index contributed by atoms with van der Waals surface area (Å²) < 4.78 is 22.1. The molecule has 2 aliphatic heterocycles. The number of ether oxygens (including phenoxy) is 1. The molecule has 7 nitrogen and oxygen atoms in total. The van der Waals surface area contributed by atoms with Crippen molar-refractivity contribution in [2.45, 2.75) is 50.9 Å². The molecule has 220 valence electrons. The van der Waals surface area contributed by atoms with E-state index in [9.17, 15) is 9.59 Å². The Kier molecular flexibility index (Phi) is 8.16. The number of aryl methyl sites for hydroxylation is 1. The lowest BCUT2D eigenvalue weighted by Crippen LogP contribution is -2.47. The van der Waals surface area contributed by atoms with Crippen LogP contribution in [0, 0.1) is 18.7 Å². The van der Waals surface area contributed by atoms with Crippen LogP contribution in [0.1, 0.15) is 47.2 Å². The second kappa shape index (κ2) is 11.8. The van der Waals surface area contributed by atoms with Crippen molar-refractivity contribution in [3.63, 3.8) is 0 Å². The first-order chi connectivity index (χ1) is 20.3. The van der Waals surface area contributed by atoms with Crippen LogP contribution in [0.2, 0.25) is 10.0 Å². The van der Waals surface area contributed by atoms with E-state index in [1.54, 1.807) is 47.4 Å². The van der Waals surface area contributed by atoms with Gasteiger partial charge in [-0.3, -0.25) is 14.5 Å². The van der Waals surface area contributed by atoms with Gasteiger partial charge in [0.05, 0.1) is 11.1 Å². The largest absolute Gasteiger partial charge is 0.385 e. The van der Waals surface area contributed by atoms with E-state index in [0.29, 0.717) is 28.7 Å². The highest BCUT2D eigenvalue weighted by molar-refractivity contribution is 6.31. The van der Waals surface area contributed by atoms with Gasteiger partial charge >= 0.3 is 0 Å². The SMILES string of the molecule is CCNc1ccc(C(=O)N2COC3C2C(c2cccc(Cl)c2F)C(C(=O)Nc2cccc(Cl)c2)N3CC2CC2)c(C)c1. The summed E-state index contributed by atoms with van der Waals surface area (Å²) in [5, 5.41) is 6.71. The molecular formula is C32H33Cl2FN4O3. The second-order valence-corrected chi connectivity index (χ2v) is 12.1. The van der Waals surface area contributed by atoms with Gasteiger partial charge in [-0.1, -0.05) is 41.4 Å².